The second-order valence-corrected chi connectivity index (χ2v) is 6.50. The van der Waals surface area contributed by atoms with Crippen LogP contribution in [0.5, 0.6) is 0 Å². The second-order valence-electron chi connectivity index (χ2n) is 4.60. The number of carbonyl (C=O) groups excluding carboxylic acids is 1. The van der Waals surface area contributed by atoms with Crippen molar-refractivity contribution in [3.05, 3.63) is 45.2 Å². The Balaban J connectivity index is 2.31. The van der Waals surface area contributed by atoms with Crippen molar-refractivity contribution >= 4 is 33.5 Å². The fourth-order valence-corrected chi connectivity index (χ4v) is 3.44. The Bertz CT molecular complexity index is 663. The molecule has 2 rings (SSSR count). The average Bonchev–Trinajstić information content (AvgIpc) is 2.35. The Morgan fingerprint density at radius 3 is 2.25 bits per heavy atom. The Morgan fingerprint density at radius 2 is 1.75 bits per heavy atom. The normalized spacial score (nSPS) is 10.7. The zero-order valence-electron chi connectivity index (χ0n) is 11.8. The number of Topliss-reactive ketones (excluding diaryl/α,β-unsaturated/α-hetero) is 1. The van der Waals surface area contributed by atoms with Gasteiger partial charge in [0.25, 0.3) is 0 Å². The molecule has 0 atom stereocenters. The van der Waals surface area contributed by atoms with E-state index in [1.165, 1.54) is 11.8 Å². The van der Waals surface area contributed by atoms with Gasteiger partial charge in [-0.15, -0.1) is 0 Å². The van der Waals surface area contributed by atoms with Gasteiger partial charge in [-0.25, -0.2) is 9.97 Å². The molecule has 1 heterocycles. The van der Waals surface area contributed by atoms with Crippen LogP contribution in [-0.4, -0.2) is 15.8 Å². The zero-order chi connectivity index (χ0) is 14.9. The molecule has 0 amide bonds. The van der Waals surface area contributed by atoms with Crippen molar-refractivity contribution in [3.63, 3.8) is 0 Å². The summed E-state index contributed by atoms with van der Waals surface area (Å²) in [5, 5.41) is 0.730. The fourth-order valence-electron chi connectivity index (χ4n) is 1.74. The summed E-state index contributed by atoms with van der Waals surface area (Å²) in [6, 6.07) is 5.66. The lowest BCUT2D eigenvalue weighted by molar-refractivity contribution is 0.101. The van der Waals surface area contributed by atoms with Crippen molar-refractivity contribution in [1.82, 2.24) is 9.97 Å². The highest BCUT2D eigenvalue weighted by atomic mass is 79.9. The second kappa shape index (κ2) is 6.06. The van der Waals surface area contributed by atoms with Crippen LogP contribution in [0.4, 0.5) is 0 Å². The lowest BCUT2D eigenvalue weighted by Gasteiger charge is -2.08. The molecule has 1 aromatic carbocycles. The first-order chi connectivity index (χ1) is 9.38. The number of benzene rings is 1. The molecule has 1 aromatic heterocycles. The minimum atomic E-state index is 0.0479. The monoisotopic (exact) mass is 350 g/mol. The molecule has 3 nitrogen and oxygen atoms in total. The predicted octanol–water partition coefficient (Wildman–Crippen LogP) is 4.52. The molecule has 0 aliphatic carbocycles. The number of ketones is 1. The number of hydrogen-bond acceptors (Lipinski definition) is 4. The number of aryl methyl sites for hydroxylation is 2. The van der Waals surface area contributed by atoms with E-state index in [1.54, 1.807) is 6.92 Å². The highest BCUT2D eigenvalue weighted by molar-refractivity contribution is 9.10. The summed E-state index contributed by atoms with van der Waals surface area (Å²) in [7, 11) is 0. The van der Waals surface area contributed by atoms with E-state index in [-0.39, 0.29) is 5.78 Å². The standard InChI is InChI=1S/C15H15BrN2OS/c1-8-9(2)17-15(18-10(8)3)20-12-5-6-13(11(4)19)14(16)7-12/h5-7H,1-4H3. The van der Waals surface area contributed by atoms with Gasteiger partial charge in [-0.1, -0.05) is 15.9 Å². The van der Waals surface area contributed by atoms with E-state index in [0.717, 1.165) is 31.5 Å². The highest BCUT2D eigenvalue weighted by Crippen LogP contribution is 2.30. The molecule has 0 spiro atoms. The number of aromatic nitrogens is 2. The summed E-state index contributed by atoms with van der Waals surface area (Å²) in [5.41, 5.74) is 3.81. The van der Waals surface area contributed by atoms with Crippen LogP contribution in [0.1, 0.15) is 34.2 Å². The lowest BCUT2D eigenvalue weighted by atomic mass is 10.2. The highest BCUT2D eigenvalue weighted by Gasteiger charge is 2.09. The van der Waals surface area contributed by atoms with E-state index >= 15 is 0 Å². The van der Waals surface area contributed by atoms with Crippen LogP contribution in [0.3, 0.4) is 0 Å². The molecule has 0 radical (unpaired) electrons. The summed E-state index contributed by atoms with van der Waals surface area (Å²) in [6.45, 7) is 7.56. The van der Waals surface area contributed by atoms with Crippen LogP contribution in [-0.2, 0) is 0 Å². The molecule has 0 bridgehead atoms. The van der Waals surface area contributed by atoms with Crippen LogP contribution < -0.4 is 0 Å². The molecule has 0 aliphatic heterocycles. The molecular formula is C15H15BrN2OS. The number of hydrogen-bond donors (Lipinski definition) is 0. The number of carbonyl (C=O) groups is 1. The van der Waals surface area contributed by atoms with Crippen LogP contribution in [0, 0.1) is 20.8 Å². The molecule has 20 heavy (non-hydrogen) atoms. The van der Waals surface area contributed by atoms with E-state index < -0.39 is 0 Å². The van der Waals surface area contributed by atoms with Crippen LogP contribution in [0.2, 0.25) is 0 Å². The van der Waals surface area contributed by atoms with Gasteiger partial charge in [-0.2, -0.15) is 0 Å². The number of halogens is 1. The smallest absolute Gasteiger partial charge is 0.192 e. The summed E-state index contributed by atoms with van der Waals surface area (Å²) >= 11 is 4.92. The van der Waals surface area contributed by atoms with E-state index in [0.29, 0.717) is 5.56 Å². The SMILES string of the molecule is CC(=O)c1ccc(Sc2nc(C)c(C)c(C)n2)cc1Br. The molecular weight excluding hydrogens is 336 g/mol. The largest absolute Gasteiger partial charge is 0.294 e. The first kappa shape index (κ1) is 15.2. The minimum absolute atomic E-state index is 0.0479. The minimum Gasteiger partial charge on any atom is -0.294 e. The maximum absolute atomic E-state index is 11.4. The maximum atomic E-state index is 11.4. The van der Waals surface area contributed by atoms with Crippen LogP contribution in [0.15, 0.2) is 32.7 Å². The third-order valence-corrected chi connectivity index (χ3v) is 4.65. The number of rotatable bonds is 3. The van der Waals surface area contributed by atoms with Crippen LogP contribution >= 0.6 is 27.7 Å². The predicted molar refractivity (Wildman–Crippen MR) is 84.5 cm³/mol. The first-order valence-electron chi connectivity index (χ1n) is 6.18. The molecule has 2 aromatic rings. The van der Waals surface area contributed by atoms with E-state index in [2.05, 4.69) is 25.9 Å². The molecule has 0 saturated heterocycles. The maximum Gasteiger partial charge on any atom is 0.192 e. The van der Waals surface area contributed by atoms with Crippen molar-refractivity contribution in [2.24, 2.45) is 0 Å². The van der Waals surface area contributed by atoms with Crippen molar-refractivity contribution in [2.75, 3.05) is 0 Å². The van der Waals surface area contributed by atoms with Crippen molar-refractivity contribution < 1.29 is 4.79 Å². The van der Waals surface area contributed by atoms with Crippen LogP contribution in [0.25, 0.3) is 0 Å². The van der Waals surface area contributed by atoms with Gasteiger partial charge in [0, 0.05) is 26.3 Å². The fraction of sp³-hybridized carbons (Fsp3) is 0.267. The molecule has 104 valence electrons. The van der Waals surface area contributed by atoms with E-state index in [1.807, 2.05) is 39.0 Å². The summed E-state index contributed by atoms with van der Waals surface area (Å²) in [4.78, 5) is 21.4. The van der Waals surface area contributed by atoms with Gasteiger partial charge in [0.05, 0.1) is 0 Å². The Morgan fingerprint density at radius 1 is 1.15 bits per heavy atom. The van der Waals surface area contributed by atoms with Gasteiger partial charge in [0.15, 0.2) is 10.9 Å². The van der Waals surface area contributed by atoms with Crippen molar-refractivity contribution in [2.45, 2.75) is 37.7 Å². The summed E-state index contributed by atoms with van der Waals surface area (Å²) in [6.07, 6.45) is 0. The Kier molecular flexibility index (Phi) is 4.60. The zero-order valence-corrected chi connectivity index (χ0v) is 14.2. The van der Waals surface area contributed by atoms with Gasteiger partial charge in [-0.05, 0) is 63.2 Å². The quantitative estimate of drug-likeness (QED) is 0.602. The molecule has 0 aliphatic rings. The van der Waals surface area contributed by atoms with Gasteiger partial charge in [0.1, 0.15) is 0 Å². The first-order valence-corrected chi connectivity index (χ1v) is 7.79. The van der Waals surface area contributed by atoms with Crippen molar-refractivity contribution in [1.29, 1.82) is 0 Å². The van der Waals surface area contributed by atoms with E-state index in [9.17, 15) is 4.79 Å². The average molecular weight is 351 g/mol. The third kappa shape index (κ3) is 3.27. The molecule has 0 fully saturated rings. The van der Waals surface area contributed by atoms with Crippen molar-refractivity contribution in [3.8, 4) is 0 Å². The van der Waals surface area contributed by atoms with Gasteiger partial charge >= 0.3 is 0 Å². The van der Waals surface area contributed by atoms with Gasteiger partial charge < -0.3 is 0 Å². The lowest BCUT2D eigenvalue weighted by Crippen LogP contribution is -1.98. The number of nitrogens with zero attached hydrogens (tertiary/aromatic N) is 2. The molecule has 0 saturated carbocycles. The third-order valence-electron chi connectivity index (χ3n) is 3.14. The molecule has 0 N–H and O–H groups in total. The van der Waals surface area contributed by atoms with E-state index in [4.69, 9.17) is 0 Å². The molecule has 5 heteroatoms. The topological polar surface area (TPSA) is 42.9 Å². The Hall–Kier alpha value is -1.20. The Labute approximate surface area is 131 Å². The summed E-state index contributed by atoms with van der Waals surface area (Å²) < 4.78 is 0.801. The van der Waals surface area contributed by atoms with Gasteiger partial charge in [-0.3, -0.25) is 4.79 Å². The molecule has 0 unspecified atom stereocenters. The van der Waals surface area contributed by atoms with Gasteiger partial charge in [0.2, 0.25) is 0 Å². The summed E-state index contributed by atoms with van der Waals surface area (Å²) in [5.74, 6) is 0.0479.